The Hall–Kier alpha value is -2.41. The second-order valence-corrected chi connectivity index (χ2v) is 6.73. The number of nitrogens with two attached hydrogens (primary N) is 1. The largest absolute Gasteiger partial charge is 0.412 e. The fourth-order valence-corrected chi connectivity index (χ4v) is 4.01. The Morgan fingerprint density at radius 3 is 2.67 bits per heavy atom. The number of fused-ring (bicyclic) bond motifs is 4. The summed E-state index contributed by atoms with van der Waals surface area (Å²) in [6, 6.07) is 6.13. The Balaban J connectivity index is 1.81. The molecule has 2 bridgehead atoms. The van der Waals surface area contributed by atoms with Gasteiger partial charge in [-0.15, -0.1) is 0 Å². The molecule has 7 heteroatoms. The van der Waals surface area contributed by atoms with Gasteiger partial charge in [-0.25, -0.2) is 9.59 Å². The Bertz CT molecular complexity index is 821. The highest BCUT2D eigenvalue weighted by Gasteiger charge is 2.37. The number of benzene rings is 1. The fraction of sp³-hybridized carbons (Fsp3) is 0.471. The third kappa shape index (κ3) is 2.45. The van der Waals surface area contributed by atoms with Crippen LogP contribution in [0.5, 0.6) is 0 Å². The lowest BCUT2D eigenvalue weighted by molar-refractivity contribution is 0.0518. The second-order valence-electron chi connectivity index (χ2n) is 6.73. The van der Waals surface area contributed by atoms with Crippen LogP contribution in [-0.2, 0) is 4.74 Å². The van der Waals surface area contributed by atoms with Crippen molar-refractivity contribution in [1.29, 1.82) is 0 Å². The minimum Gasteiger partial charge on any atom is -0.371 e. The molecule has 126 valence electrons. The van der Waals surface area contributed by atoms with Crippen LogP contribution >= 0.6 is 0 Å². The van der Waals surface area contributed by atoms with Crippen LogP contribution in [0.1, 0.15) is 34.9 Å². The van der Waals surface area contributed by atoms with Gasteiger partial charge in [0.05, 0.1) is 11.6 Å². The van der Waals surface area contributed by atoms with Crippen molar-refractivity contribution in [3.8, 4) is 0 Å². The molecule has 3 aliphatic heterocycles. The van der Waals surface area contributed by atoms with E-state index in [4.69, 9.17) is 5.73 Å². The molecule has 2 aromatic rings. The maximum absolute atomic E-state index is 12.2. The Labute approximate surface area is 139 Å². The molecule has 1 aromatic carbocycles. The van der Waals surface area contributed by atoms with Gasteiger partial charge in [0.25, 0.3) is 0 Å². The number of nitrogens with zero attached hydrogens (tertiary/aromatic N) is 3. The second kappa shape index (κ2) is 5.59. The molecule has 7 nitrogen and oxygen atoms in total. The number of ether oxygens (including phenoxy) is 1. The predicted octanol–water partition coefficient (Wildman–Crippen LogP) is 1.85. The van der Waals surface area contributed by atoms with E-state index >= 15 is 0 Å². The molecular formula is C17H20N4O3. The van der Waals surface area contributed by atoms with Crippen LogP contribution in [-0.4, -0.2) is 46.4 Å². The van der Waals surface area contributed by atoms with Gasteiger partial charge in [0, 0.05) is 11.9 Å². The summed E-state index contributed by atoms with van der Waals surface area (Å²) >= 11 is 0. The SMILES string of the molecule is Cc1ccc2c(c1)c(C(=O)OC(N)=O)nn2[C@@H]1CN2CCC1CC2. The number of piperidine rings is 3. The lowest BCUT2D eigenvalue weighted by Gasteiger charge is -2.44. The Morgan fingerprint density at radius 2 is 2.04 bits per heavy atom. The summed E-state index contributed by atoms with van der Waals surface area (Å²) in [6.45, 7) is 5.17. The van der Waals surface area contributed by atoms with Crippen molar-refractivity contribution in [2.75, 3.05) is 19.6 Å². The molecular weight excluding hydrogens is 308 g/mol. The number of carbonyl (C=O) groups excluding carboxylic acids is 2. The standard InChI is InChI=1S/C17H20N4O3/c1-10-2-3-13-12(8-10)15(16(22)24-17(18)23)19-21(13)14-9-20-6-4-11(14)5-7-20/h2-3,8,11,14H,4-7,9H2,1H3,(H2,18,23)/t14-/m1/s1. The van der Waals surface area contributed by atoms with Crippen molar-refractivity contribution in [1.82, 2.24) is 14.7 Å². The molecule has 0 spiro atoms. The van der Waals surface area contributed by atoms with Gasteiger partial charge >= 0.3 is 12.1 Å². The maximum Gasteiger partial charge on any atom is 0.412 e. The quantitative estimate of drug-likeness (QED) is 0.671. The summed E-state index contributed by atoms with van der Waals surface area (Å²) in [5.41, 5.74) is 7.05. The highest BCUT2D eigenvalue weighted by molar-refractivity contribution is 6.05. The number of hydrogen-bond acceptors (Lipinski definition) is 5. The maximum atomic E-state index is 12.2. The number of amides is 1. The summed E-state index contributed by atoms with van der Waals surface area (Å²) in [5.74, 6) is -0.225. The molecule has 0 aliphatic carbocycles. The molecule has 1 aromatic heterocycles. The highest BCUT2D eigenvalue weighted by Crippen LogP contribution is 2.37. The summed E-state index contributed by atoms with van der Waals surface area (Å²) in [4.78, 5) is 25.6. The minimum absolute atomic E-state index is 0.156. The van der Waals surface area contributed by atoms with Gasteiger partial charge in [0.2, 0.25) is 0 Å². The predicted molar refractivity (Wildman–Crippen MR) is 87.7 cm³/mol. The van der Waals surface area contributed by atoms with E-state index in [1.165, 1.54) is 0 Å². The van der Waals surface area contributed by atoms with Gasteiger partial charge in [-0.2, -0.15) is 5.10 Å². The summed E-state index contributed by atoms with van der Waals surface area (Å²) in [6.07, 6.45) is 1.19. The van der Waals surface area contributed by atoms with Gasteiger partial charge in [0.1, 0.15) is 0 Å². The van der Waals surface area contributed by atoms with Crippen LogP contribution in [0.4, 0.5) is 4.79 Å². The van der Waals surface area contributed by atoms with Crippen molar-refractivity contribution >= 4 is 23.0 Å². The number of primary amides is 1. The highest BCUT2D eigenvalue weighted by atomic mass is 16.6. The molecule has 3 saturated heterocycles. The average Bonchev–Trinajstić information content (AvgIpc) is 2.94. The van der Waals surface area contributed by atoms with Crippen LogP contribution < -0.4 is 5.73 Å². The number of aromatic nitrogens is 2. The number of esters is 1. The topological polar surface area (TPSA) is 90.5 Å². The van der Waals surface area contributed by atoms with E-state index in [9.17, 15) is 9.59 Å². The fourth-order valence-electron chi connectivity index (χ4n) is 4.01. The van der Waals surface area contributed by atoms with E-state index in [1.54, 1.807) is 0 Å². The van der Waals surface area contributed by atoms with Crippen molar-refractivity contribution in [3.05, 3.63) is 29.5 Å². The normalized spacial score (nSPS) is 25.8. The van der Waals surface area contributed by atoms with Crippen molar-refractivity contribution in [2.24, 2.45) is 11.7 Å². The zero-order chi connectivity index (χ0) is 16.8. The van der Waals surface area contributed by atoms with Gasteiger partial charge in [0.15, 0.2) is 5.69 Å². The first-order valence-electron chi connectivity index (χ1n) is 8.26. The molecule has 0 saturated carbocycles. The number of aryl methyl sites for hydroxylation is 1. The third-order valence-corrected chi connectivity index (χ3v) is 5.18. The van der Waals surface area contributed by atoms with E-state index in [-0.39, 0.29) is 11.7 Å². The zero-order valence-corrected chi connectivity index (χ0v) is 13.6. The smallest absolute Gasteiger partial charge is 0.371 e. The third-order valence-electron chi connectivity index (χ3n) is 5.18. The first-order valence-corrected chi connectivity index (χ1v) is 8.26. The van der Waals surface area contributed by atoms with Gasteiger partial charge in [-0.3, -0.25) is 4.68 Å². The molecule has 0 radical (unpaired) electrons. The van der Waals surface area contributed by atoms with Crippen LogP contribution in [0.15, 0.2) is 18.2 Å². The Morgan fingerprint density at radius 1 is 1.29 bits per heavy atom. The summed E-state index contributed by atoms with van der Waals surface area (Å²) < 4.78 is 6.51. The van der Waals surface area contributed by atoms with E-state index < -0.39 is 12.1 Å². The molecule has 3 fully saturated rings. The first kappa shape index (κ1) is 15.1. The molecule has 5 rings (SSSR count). The van der Waals surface area contributed by atoms with Crippen molar-refractivity contribution in [2.45, 2.75) is 25.8 Å². The van der Waals surface area contributed by atoms with Crippen molar-refractivity contribution < 1.29 is 14.3 Å². The molecule has 3 aliphatic rings. The molecule has 0 unspecified atom stereocenters. The van der Waals surface area contributed by atoms with E-state index in [0.29, 0.717) is 11.3 Å². The van der Waals surface area contributed by atoms with Crippen LogP contribution in [0, 0.1) is 12.8 Å². The first-order chi connectivity index (χ1) is 11.5. The summed E-state index contributed by atoms with van der Waals surface area (Å²) in [7, 11) is 0. The van der Waals surface area contributed by atoms with Gasteiger partial charge in [-0.05, 0) is 50.9 Å². The molecule has 4 heterocycles. The minimum atomic E-state index is -1.11. The monoisotopic (exact) mass is 328 g/mol. The number of rotatable bonds is 2. The Kier molecular flexibility index (Phi) is 3.53. The van der Waals surface area contributed by atoms with Crippen LogP contribution in [0.2, 0.25) is 0 Å². The molecule has 1 atom stereocenters. The van der Waals surface area contributed by atoms with E-state index in [1.807, 2.05) is 29.8 Å². The van der Waals surface area contributed by atoms with Crippen LogP contribution in [0.3, 0.4) is 0 Å². The van der Waals surface area contributed by atoms with Crippen LogP contribution in [0.25, 0.3) is 10.9 Å². The van der Waals surface area contributed by atoms with Gasteiger partial charge < -0.3 is 15.4 Å². The lowest BCUT2D eigenvalue weighted by atomic mass is 9.84. The van der Waals surface area contributed by atoms with Gasteiger partial charge in [-0.1, -0.05) is 11.6 Å². The molecule has 24 heavy (non-hydrogen) atoms. The van der Waals surface area contributed by atoms with E-state index in [0.717, 1.165) is 43.6 Å². The van der Waals surface area contributed by atoms with Crippen molar-refractivity contribution in [3.63, 3.8) is 0 Å². The summed E-state index contributed by atoms with van der Waals surface area (Å²) in [5, 5.41) is 5.24. The van der Waals surface area contributed by atoms with E-state index in [2.05, 4.69) is 14.7 Å². The molecule has 1 amide bonds. The molecule has 2 N–H and O–H groups in total. The average molecular weight is 328 g/mol. The zero-order valence-electron chi connectivity index (χ0n) is 13.6. The lowest BCUT2D eigenvalue weighted by Crippen LogP contribution is -2.48. The number of carbonyl (C=O) groups is 2. The number of hydrogen-bond donors (Lipinski definition) is 1.